The van der Waals surface area contributed by atoms with Gasteiger partial charge >= 0.3 is 0 Å². The highest BCUT2D eigenvalue weighted by molar-refractivity contribution is 7.89. The van der Waals surface area contributed by atoms with Crippen molar-refractivity contribution >= 4 is 56.4 Å². The third-order valence-corrected chi connectivity index (χ3v) is 7.12. The number of benzene rings is 3. The Kier molecular flexibility index (Phi) is 8.03. The molecule has 3 aromatic carbocycles. The molecule has 168 valence electrons. The molecule has 0 fully saturated rings. The van der Waals surface area contributed by atoms with Crippen LogP contribution in [0.4, 0.5) is 5.69 Å². The number of sulfonamides is 1. The van der Waals surface area contributed by atoms with E-state index in [1.54, 1.807) is 42.5 Å². The zero-order valence-electron chi connectivity index (χ0n) is 16.8. The topological polar surface area (TPSA) is 84.5 Å². The molecule has 1 atom stereocenters. The van der Waals surface area contributed by atoms with Gasteiger partial charge in [0.15, 0.2) is 0 Å². The minimum Gasteiger partial charge on any atom is -0.495 e. The molecule has 2 N–H and O–H groups in total. The Morgan fingerprint density at radius 3 is 2.34 bits per heavy atom. The van der Waals surface area contributed by atoms with Crippen LogP contribution in [0.2, 0.25) is 15.1 Å². The number of nitrogens with one attached hydrogen (secondary N) is 2. The predicted octanol–water partition coefficient (Wildman–Crippen LogP) is 5.18. The van der Waals surface area contributed by atoms with Crippen molar-refractivity contribution in [1.82, 2.24) is 4.72 Å². The summed E-state index contributed by atoms with van der Waals surface area (Å²) < 4.78 is 33.6. The van der Waals surface area contributed by atoms with Gasteiger partial charge in [0.1, 0.15) is 11.8 Å². The van der Waals surface area contributed by atoms with Crippen LogP contribution in [0, 0.1) is 0 Å². The van der Waals surface area contributed by atoms with Crippen LogP contribution in [0.5, 0.6) is 5.75 Å². The van der Waals surface area contributed by atoms with Crippen LogP contribution in [0.1, 0.15) is 5.56 Å². The highest BCUT2D eigenvalue weighted by Crippen LogP contribution is 2.30. The fourth-order valence-corrected chi connectivity index (χ4v) is 4.82. The number of carbonyl (C=O) groups excluding carboxylic acids is 1. The summed E-state index contributed by atoms with van der Waals surface area (Å²) >= 11 is 18.3. The maximum atomic E-state index is 13.1. The maximum Gasteiger partial charge on any atom is 0.242 e. The quantitative estimate of drug-likeness (QED) is 0.434. The minimum absolute atomic E-state index is 0.102. The molecule has 0 unspecified atom stereocenters. The van der Waals surface area contributed by atoms with Crippen molar-refractivity contribution < 1.29 is 17.9 Å². The summed E-state index contributed by atoms with van der Waals surface area (Å²) in [6.45, 7) is 0. The highest BCUT2D eigenvalue weighted by Gasteiger charge is 2.27. The van der Waals surface area contributed by atoms with E-state index in [1.165, 1.54) is 25.3 Å². The molecular formula is C22H19Cl3N2O4S. The van der Waals surface area contributed by atoms with Gasteiger partial charge in [0.25, 0.3) is 0 Å². The van der Waals surface area contributed by atoms with Crippen molar-refractivity contribution in [2.24, 2.45) is 0 Å². The van der Waals surface area contributed by atoms with E-state index in [2.05, 4.69) is 10.0 Å². The van der Waals surface area contributed by atoms with E-state index in [9.17, 15) is 13.2 Å². The van der Waals surface area contributed by atoms with E-state index in [-0.39, 0.29) is 32.1 Å². The summed E-state index contributed by atoms with van der Waals surface area (Å²) in [4.78, 5) is 13.0. The van der Waals surface area contributed by atoms with Crippen LogP contribution >= 0.6 is 34.8 Å². The Hall–Kier alpha value is -2.29. The van der Waals surface area contributed by atoms with E-state index < -0.39 is 22.0 Å². The summed E-state index contributed by atoms with van der Waals surface area (Å²) in [7, 11) is -2.67. The number of ether oxygens (including phenoxy) is 1. The van der Waals surface area contributed by atoms with Crippen molar-refractivity contribution in [1.29, 1.82) is 0 Å². The molecule has 0 aliphatic rings. The van der Waals surface area contributed by atoms with Gasteiger partial charge in [0.05, 0.1) is 32.8 Å². The monoisotopic (exact) mass is 512 g/mol. The third-order valence-electron chi connectivity index (χ3n) is 4.54. The molecule has 0 heterocycles. The zero-order valence-corrected chi connectivity index (χ0v) is 19.9. The number of methoxy groups -OCH3 is 1. The van der Waals surface area contributed by atoms with Gasteiger partial charge in [-0.3, -0.25) is 4.79 Å². The molecule has 0 radical (unpaired) electrons. The van der Waals surface area contributed by atoms with E-state index >= 15 is 0 Å². The Labute approximate surface area is 201 Å². The molecule has 0 spiro atoms. The number of amides is 1. The van der Waals surface area contributed by atoms with Crippen LogP contribution in [0.3, 0.4) is 0 Å². The number of hydrogen-bond acceptors (Lipinski definition) is 4. The van der Waals surface area contributed by atoms with Gasteiger partial charge < -0.3 is 10.1 Å². The second kappa shape index (κ2) is 10.6. The van der Waals surface area contributed by atoms with Crippen molar-refractivity contribution in [2.45, 2.75) is 17.4 Å². The largest absolute Gasteiger partial charge is 0.495 e. The van der Waals surface area contributed by atoms with E-state index in [0.29, 0.717) is 5.75 Å². The molecule has 1 amide bonds. The van der Waals surface area contributed by atoms with Crippen LogP contribution in [-0.2, 0) is 21.2 Å². The smallest absolute Gasteiger partial charge is 0.242 e. The summed E-state index contributed by atoms with van der Waals surface area (Å²) in [5, 5.41) is 3.20. The van der Waals surface area contributed by atoms with Gasteiger partial charge in [-0.2, -0.15) is 4.72 Å². The number of rotatable bonds is 8. The van der Waals surface area contributed by atoms with Crippen LogP contribution in [0.15, 0.2) is 71.6 Å². The summed E-state index contributed by atoms with van der Waals surface area (Å²) in [6.07, 6.45) is 0.105. The van der Waals surface area contributed by atoms with E-state index in [4.69, 9.17) is 39.5 Å². The lowest BCUT2D eigenvalue weighted by Crippen LogP contribution is -2.45. The maximum absolute atomic E-state index is 13.1. The van der Waals surface area contributed by atoms with Crippen molar-refractivity contribution in [3.8, 4) is 5.75 Å². The SMILES string of the molecule is COc1ccc(S(=O)(=O)N[C@H](Cc2ccccc2)C(=O)Nc2cccc(Cl)c2Cl)cc1Cl. The molecule has 0 aliphatic carbocycles. The number of anilines is 1. The minimum atomic E-state index is -4.09. The van der Waals surface area contributed by atoms with E-state index in [0.717, 1.165) is 5.56 Å². The van der Waals surface area contributed by atoms with Gasteiger partial charge in [0.2, 0.25) is 15.9 Å². The lowest BCUT2D eigenvalue weighted by molar-refractivity contribution is -0.117. The molecule has 0 bridgehead atoms. The van der Waals surface area contributed by atoms with Gasteiger partial charge in [-0.25, -0.2) is 8.42 Å². The predicted molar refractivity (Wildman–Crippen MR) is 127 cm³/mol. The van der Waals surface area contributed by atoms with Gasteiger partial charge in [-0.15, -0.1) is 0 Å². The first-order valence-corrected chi connectivity index (χ1v) is 12.0. The molecule has 0 aromatic heterocycles. The Bertz CT molecular complexity index is 1220. The summed E-state index contributed by atoms with van der Waals surface area (Å²) in [5.41, 5.74) is 1.04. The second-order valence-electron chi connectivity index (χ2n) is 6.75. The first-order valence-electron chi connectivity index (χ1n) is 9.36. The lowest BCUT2D eigenvalue weighted by Gasteiger charge is -2.19. The molecule has 10 heteroatoms. The standard InChI is InChI=1S/C22H19Cl3N2O4S/c1-31-20-11-10-15(13-17(20)24)32(29,30)27-19(12-14-6-3-2-4-7-14)22(28)26-18-9-5-8-16(23)21(18)25/h2-11,13,19,27H,12H2,1H3,(H,26,28)/t19-/m1/s1. The molecule has 3 rings (SSSR count). The van der Waals surface area contributed by atoms with Gasteiger partial charge in [-0.05, 0) is 42.3 Å². The van der Waals surface area contributed by atoms with Gasteiger partial charge in [0, 0.05) is 0 Å². The number of halogens is 3. The number of hydrogen-bond donors (Lipinski definition) is 2. The fourth-order valence-electron chi connectivity index (χ4n) is 2.93. The Morgan fingerprint density at radius 2 is 1.69 bits per heavy atom. The molecule has 0 saturated heterocycles. The molecule has 32 heavy (non-hydrogen) atoms. The number of carbonyl (C=O) groups is 1. The van der Waals surface area contributed by atoms with Crippen LogP contribution < -0.4 is 14.8 Å². The molecular weight excluding hydrogens is 495 g/mol. The molecule has 0 saturated carbocycles. The highest BCUT2D eigenvalue weighted by atomic mass is 35.5. The average molecular weight is 514 g/mol. The average Bonchev–Trinajstić information content (AvgIpc) is 2.77. The Balaban J connectivity index is 1.90. The summed E-state index contributed by atoms with van der Waals surface area (Å²) in [6, 6.07) is 16.7. The normalized spacial score (nSPS) is 12.2. The van der Waals surface area contributed by atoms with E-state index in [1.807, 2.05) is 6.07 Å². The molecule has 3 aromatic rings. The molecule has 0 aliphatic heterocycles. The summed E-state index contributed by atoms with van der Waals surface area (Å²) in [5.74, 6) is -0.263. The molecule has 6 nitrogen and oxygen atoms in total. The zero-order chi connectivity index (χ0) is 23.3. The fraction of sp³-hybridized carbons (Fsp3) is 0.136. The second-order valence-corrected chi connectivity index (χ2v) is 9.66. The third kappa shape index (κ3) is 5.94. The first kappa shape index (κ1) is 24.4. The van der Waals surface area contributed by atoms with Crippen LogP contribution in [0.25, 0.3) is 0 Å². The first-order chi connectivity index (χ1) is 15.2. The van der Waals surface area contributed by atoms with Gasteiger partial charge in [-0.1, -0.05) is 71.2 Å². The Morgan fingerprint density at radius 1 is 0.969 bits per heavy atom. The van der Waals surface area contributed by atoms with Crippen LogP contribution in [-0.4, -0.2) is 27.5 Å². The lowest BCUT2D eigenvalue weighted by atomic mass is 10.1. The van der Waals surface area contributed by atoms with Crippen molar-refractivity contribution in [3.05, 3.63) is 87.4 Å². The van der Waals surface area contributed by atoms with Crippen molar-refractivity contribution in [2.75, 3.05) is 12.4 Å². The van der Waals surface area contributed by atoms with Crippen molar-refractivity contribution in [3.63, 3.8) is 0 Å².